The maximum Gasteiger partial charge on any atom is 0.328 e. The first-order chi connectivity index (χ1) is 8.53. The summed E-state index contributed by atoms with van der Waals surface area (Å²) in [4.78, 5) is 22.2. The van der Waals surface area contributed by atoms with E-state index in [1.807, 2.05) is 6.26 Å². The molecule has 0 radical (unpaired) electrons. The number of rotatable bonds is 6. The van der Waals surface area contributed by atoms with E-state index in [4.69, 9.17) is 10.2 Å². The van der Waals surface area contributed by atoms with Crippen LogP contribution in [0, 0.1) is 0 Å². The molecule has 2 amide bonds. The Bertz CT molecular complexity index is 305. The van der Waals surface area contributed by atoms with E-state index in [1.54, 1.807) is 11.8 Å². The number of hydrogen-bond acceptors (Lipinski definition) is 4. The topological polar surface area (TPSA) is 98.7 Å². The fourth-order valence-electron chi connectivity index (χ4n) is 2.11. The molecule has 7 heteroatoms. The fourth-order valence-corrected chi connectivity index (χ4v) is 3.02. The van der Waals surface area contributed by atoms with Crippen molar-refractivity contribution in [2.45, 2.75) is 36.5 Å². The number of aliphatic carboxylic acids is 1. The van der Waals surface area contributed by atoms with Crippen LogP contribution in [0.3, 0.4) is 0 Å². The first-order valence-corrected chi connectivity index (χ1v) is 7.19. The minimum Gasteiger partial charge on any atom is -0.480 e. The number of carbonyl (C=O) groups is 2. The van der Waals surface area contributed by atoms with E-state index in [2.05, 4.69) is 10.6 Å². The van der Waals surface area contributed by atoms with E-state index in [-0.39, 0.29) is 4.75 Å². The van der Waals surface area contributed by atoms with Gasteiger partial charge in [-0.25, -0.2) is 9.59 Å². The van der Waals surface area contributed by atoms with Crippen molar-refractivity contribution in [1.29, 1.82) is 0 Å². The Kier molecular flexibility index (Phi) is 5.74. The van der Waals surface area contributed by atoms with Gasteiger partial charge in [-0.1, -0.05) is 12.8 Å². The van der Waals surface area contributed by atoms with Crippen LogP contribution in [0.5, 0.6) is 0 Å². The molecule has 0 bridgehead atoms. The van der Waals surface area contributed by atoms with Gasteiger partial charge in [-0.3, -0.25) is 0 Å². The third kappa shape index (κ3) is 4.06. The number of aliphatic hydroxyl groups is 1. The van der Waals surface area contributed by atoms with Gasteiger partial charge in [0.15, 0.2) is 6.04 Å². The second-order valence-electron chi connectivity index (χ2n) is 4.49. The van der Waals surface area contributed by atoms with Crippen LogP contribution in [0.25, 0.3) is 0 Å². The lowest BCUT2D eigenvalue weighted by atomic mass is 10.1. The lowest BCUT2D eigenvalue weighted by Crippen LogP contribution is -2.50. The minimum atomic E-state index is -1.25. The molecule has 1 aliphatic rings. The van der Waals surface area contributed by atoms with Crippen molar-refractivity contribution < 1.29 is 19.8 Å². The van der Waals surface area contributed by atoms with Gasteiger partial charge in [-0.05, 0) is 19.1 Å². The summed E-state index contributed by atoms with van der Waals surface area (Å²) in [7, 11) is 0. The smallest absolute Gasteiger partial charge is 0.328 e. The van der Waals surface area contributed by atoms with Crippen molar-refractivity contribution in [2.75, 3.05) is 19.4 Å². The molecule has 4 N–H and O–H groups in total. The lowest BCUT2D eigenvalue weighted by molar-refractivity contribution is -0.140. The molecule has 0 aromatic rings. The predicted octanol–water partition coefficient (Wildman–Crippen LogP) is 0.407. The van der Waals surface area contributed by atoms with Gasteiger partial charge in [-0.2, -0.15) is 11.8 Å². The van der Waals surface area contributed by atoms with Crippen molar-refractivity contribution >= 4 is 23.8 Å². The summed E-state index contributed by atoms with van der Waals surface area (Å²) in [5.74, 6) is -1.24. The second kappa shape index (κ2) is 6.84. The zero-order valence-electron chi connectivity index (χ0n) is 10.4. The summed E-state index contributed by atoms with van der Waals surface area (Å²) in [5, 5.41) is 22.4. The SMILES string of the molecule is CSC1(CNC(=O)N[C@@H](CO)C(=O)O)CCCC1. The van der Waals surface area contributed by atoms with Gasteiger partial charge in [-0.15, -0.1) is 0 Å². The van der Waals surface area contributed by atoms with Gasteiger partial charge >= 0.3 is 12.0 Å². The van der Waals surface area contributed by atoms with Crippen LogP contribution in [0.1, 0.15) is 25.7 Å². The summed E-state index contributed by atoms with van der Waals surface area (Å²) in [6.45, 7) is -0.0891. The average Bonchev–Trinajstić information content (AvgIpc) is 2.82. The van der Waals surface area contributed by atoms with E-state index in [0.717, 1.165) is 12.8 Å². The zero-order chi connectivity index (χ0) is 13.6. The second-order valence-corrected chi connectivity index (χ2v) is 5.77. The molecule has 1 aliphatic carbocycles. The molecule has 1 rings (SSSR count). The van der Waals surface area contributed by atoms with E-state index in [9.17, 15) is 9.59 Å². The molecule has 0 unspecified atom stereocenters. The van der Waals surface area contributed by atoms with Crippen LogP contribution in [0.15, 0.2) is 0 Å². The summed E-state index contributed by atoms with van der Waals surface area (Å²) in [5.41, 5.74) is 0. The van der Waals surface area contributed by atoms with E-state index in [0.29, 0.717) is 6.54 Å². The summed E-state index contributed by atoms with van der Waals surface area (Å²) >= 11 is 1.74. The van der Waals surface area contributed by atoms with Crippen LogP contribution in [-0.2, 0) is 4.79 Å². The minimum absolute atomic E-state index is 0.0786. The van der Waals surface area contributed by atoms with Crippen molar-refractivity contribution in [3.8, 4) is 0 Å². The van der Waals surface area contributed by atoms with Crippen LogP contribution in [0.4, 0.5) is 4.79 Å². The van der Waals surface area contributed by atoms with E-state index in [1.165, 1.54) is 12.8 Å². The van der Waals surface area contributed by atoms with E-state index >= 15 is 0 Å². The Balaban J connectivity index is 2.38. The van der Waals surface area contributed by atoms with Gasteiger partial charge in [0.05, 0.1) is 6.61 Å². The number of thioether (sulfide) groups is 1. The molecule has 0 aromatic carbocycles. The van der Waals surface area contributed by atoms with Crippen molar-refractivity contribution in [1.82, 2.24) is 10.6 Å². The Morgan fingerprint density at radius 2 is 2.00 bits per heavy atom. The highest BCUT2D eigenvalue weighted by molar-refractivity contribution is 8.00. The van der Waals surface area contributed by atoms with Crippen LogP contribution < -0.4 is 10.6 Å². The van der Waals surface area contributed by atoms with E-state index < -0.39 is 24.6 Å². The third-order valence-corrected chi connectivity index (χ3v) is 4.72. The highest BCUT2D eigenvalue weighted by atomic mass is 32.2. The van der Waals surface area contributed by atoms with Crippen molar-refractivity contribution in [3.63, 3.8) is 0 Å². The Hall–Kier alpha value is -0.950. The molecular formula is C11H20N2O4S. The highest BCUT2D eigenvalue weighted by Crippen LogP contribution is 2.39. The molecule has 1 atom stereocenters. The molecule has 1 saturated carbocycles. The largest absolute Gasteiger partial charge is 0.480 e. The zero-order valence-corrected chi connectivity index (χ0v) is 11.3. The Morgan fingerprint density at radius 1 is 1.39 bits per heavy atom. The molecule has 104 valence electrons. The molecule has 6 nitrogen and oxygen atoms in total. The number of aliphatic hydroxyl groups excluding tert-OH is 1. The summed E-state index contributed by atoms with van der Waals surface area (Å²) in [6.07, 6.45) is 6.49. The Labute approximate surface area is 111 Å². The molecule has 18 heavy (non-hydrogen) atoms. The molecule has 1 fully saturated rings. The fraction of sp³-hybridized carbons (Fsp3) is 0.818. The molecule has 0 spiro atoms. The molecule has 0 aliphatic heterocycles. The third-order valence-electron chi connectivity index (χ3n) is 3.30. The number of carbonyl (C=O) groups excluding carboxylic acids is 1. The maximum atomic E-state index is 11.5. The number of amides is 2. The predicted molar refractivity (Wildman–Crippen MR) is 69.8 cm³/mol. The number of nitrogens with one attached hydrogen (secondary N) is 2. The monoisotopic (exact) mass is 276 g/mol. The van der Waals surface area contributed by atoms with Gasteiger partial charge in [0.1, 0.15) is 0 Å². The van der Waals surface area contributed by atoms with Gasteiger partial charge < -0.3 is 20.8 Å². The lowest BCUT2D eigenvalue weighted by Gasteiger charge is -2.27. The maximum absolute atomic E-state index is 11.5. The number of urea groups is 1. The summed E-state index contributed by atoms with van der Waals surface area (Å²) in [6, 6.07) is -1.80. The van der Waals surface area contributed by atoms with Gasteiger partial charge in [0.2, 0.25) is 0 Å². The van der Waals surface area contributed by atoms with Gasteiger partial charge in [0.25, 0.3) is 0 Å². The first-order valence-electron chi connectivity index (χ1n) is 5.96. The normalized spacial score (nSPS) is 19.2. The van der Waals surface area contributed by atoms with Crippen LogP contribution in [-0.4, -0.2) is 52.4 Å². The van der Waals surface area contributed by atoms with Crippen molar-refractivity contribution in [3.05, 3.63) is 0 Å². The first kappa shape index (κ1) is 15.1. The molecule has 0 aromatic heterocycles. The van der Waals surface area contributed by atoms with Gasteiger partial charge in [0, 0.05) is 11.3 Å². The van der Waals surface area contributed by atoms with Crippen molar-refractivity contribution in [2.24, 2.45) is 0 Å². The molecular weight excluding hydrogens is 256 g/mol. The van der Waals surface area contributed by atoms with Crippen LogP contribution >= 0.6 is 11.8 Å². The number of carboxylic acids is 1. The average molecular weight is 276 g/mol. The molecule has 0 heterocycles. The number of hydrogen-bond donors (Lipinski definition) is 4. The quantitative estimate of drug-likeness (QED) is 0.563. The standard InChI is InChI=1S/C11H20N2O4S/c1-18-11(4-2-3-5-11)7-12-10(17)13-8(6-14)9(15)16/h8,14H,2-7H2,1H3,(H,15,16)(H2,12,13,17)/t8-/m0/s1. The highest BCUT2D eigenvalue weighted by Gasteiger charge is 2.33. The van der Waals surface area contributed by atoms with Crippen LogP contribution in [0.2, 0.25) is 0 Å². The molecule has 0 saturated heterocycles. The summed E-state index contributed by atoms with van der Waals surface area (Å²) < 4.78 is 0.0786. The Morgan fingerprint density at radius 3 is 2.44 bits per heavy atom. The number of carboxylic acid groups (broad SMARTS) is 1.